The molecule has 0 unspecified atom stereocenters. The predicted molar refractivity (Wildman–Crippen MR) is 92.1 cm³/mol. The summed E-state index contributed by atoms with van der Waals surface area (Å²) in [5.41, 5.74) is 1.36. The van der Waals surface area contributed by atoms with Crippen molar-refractivity contribution in [1.82, 2.24) is 0 Å². The molecular weight excluding hydrogens is 322 g/mol. The van der Waals surface area contributed by atoms with Gasteiger partial charge in [-0.25, -0.2) is 4.79 Å². The number of hydrogen-bond donors (Lipinski definition) is 1. The van der Waals surface area contributed by atoms with Crippen LogP contribution < -0.4 is 5.32 Å². The maximum absolute atomic E-state index is 12.0. The lowest BCUT2D eigenvalue weighted by atomic mass is 10.1. The van der Waals surface area contributed by atoms with E-state index in [2.05, 4.69) is 5.32 Å². The zero-order chi connectivity index (χ0) is 18.1. The molecule has 0 bridgehead atoms. The first kappa shape index (κ1) is 18.2. The topological polar surface area (TPSA) is 81.7 Å². The van der Waals surface area contributed by atoms with E-state index >= 15 is 0 Å². The van der Waals surface area contributed by atoms with Gasteiger partial charge in [0.1, 0.15) is 0 Å². The number of ether oxygens (including phenoxy) is 2. The van der Waals surface area contributed by atoms with Crippen LogP contribution in [0.4, 0.5) is 5.69 Å². The van der Waals surface area contributed by atoms with Crippen LogP contribution in [0.15, 0.2) is 54.6 Å². The highest BCUT2D eigenvalue weighted by Gasteiger charge is 2.15. The van der Waals surface area contributed by atoms with Crippen LogP contribution in [0.2, 0.25) is 0 Å². The van der Waals surface area contributed by atoms with E-state index in [0.717, 1.165) is 5.56 Å². The highest BCUT2D eigenvalue weighted by molar-refractivity contribution is 6.01. The molecule has 2 aromatic carbocycles. The van der Waals surface area contributed by atoms with Crippen LogP contribution in [-0.4, -0.2) is 31.1 Å². The van der Waals surface area contributed by atoms with E-state index in [9.17, 15) is 14.4 Å². The Morgan fingerprint density at radius 2 is 1.60 bits per heavy atom. The lowest BCUT2D eigenvalue weighted by molar-refractivity contribution is -0.146. The Hall–Kier alpha value is -3.15. The van der Waals surface area contributed by atoms with Crippen molar-refractivity contribution in [1.29, 1.82) is 0 Å². The molecule has 25 heavy (non-hydrogen) atoms. The molecule has 2 rings (SSSR count). The summed E-state index contributed by atoms with van der Waals surface area (Å²) >= 11 is 0. The zero-order valence-corrected chi connectivity index (χ0v) is 13.9. The zero-order valence-electron chi connectivity index (χ0n) is 13.9. The Kier molecular flexibility index (Phi) is 6.71. The van der Waals surface area contributed by atoms with E-state index in [1.54, 1.807) is 43.3 Å². The Balaban J connectivity index is 1.88. The van der Waals surface area contributed by atoms with Crippen molar-refractivity contribution >= 4 is 23.5 Å². The summed E-state index contributed by atoms with van der Waals surface area (Å²) in [6, 6.07) is 15.6. The van der Waals surface area contributed by atoms with Gasteiger partial charge in [0.05, 0.1) is 24.3 Å². The fourth-order valence-electron chi connectivity index (χ4n) is 2.12. The first-order chi connectivity index (χ1) is 12.1. The molecule has 0 saturated heterocycles. The van der Waals surface area contributed by atoms with E-state index in [0.29, 0.717) is 5.69 Å². The minimum Gasteiger partial charge on any atom is -0.462 e. The van der Waals surface area contributed by atoms with Crippen LogP contribution in [0.1, 0.15) is 22.8 Å². The predicted octanol–water partition coefficient (Wildman–Crippen LogP) is 2.59. The molecule has 130 valence electrons. The van der Waals surface area contributed by atoms with Gasteiger partial charge in [0, 0.05) is 0 Å². The molecule has 0 fully saturated rings. The highest BCUT2D eigenvalue weighted by Crippen LogP contribution is 2.16. The van der Waals surface area contributed by atoms with Gasteiger partial charge in [-0.3, -0.25) is 9.59 Å². The van der Waals surface area contributed by atoms with E-state index < -0.39 is 24.5 Å². The third kappa shape index (κ3) is 5.76. The lowest BCUT2D eigenvalue weighted by Gasteiger charge is -2.10. The summed E-state index contributed by atoms with van der Waals surface area (Å²) in [6.07, 6.45) is 0.0908. The summed E-state index contributed by atoms with van der Waals surface area (Å²) in [6.45, 7) is 1.51. The molecule has 1 N–H and O–H groups in total. The van der Waals surface area contributed by atoms with Crippen LogP contribution in [0.3, 0.4) is 0 Å². The van der Waals surface area contributed by atoms with Crippen molar-refractivity contribution in [2.75, 3.05) is 18.5 Å². The fourth-order valence-corrected chi connectivity index (χ4v) is 2.12. The molecule has 0 aliphatic heterocycles. The quantitative estimate of drug-likeness (QED) is 0.783. The largest absolute Gasteiger partial charge is 0.462 e. The molecule has 0 radical (unpaired) electrons. The number of amides is 1. The second kappa shape index (κ2) is 9.22. The number of carbonyl (C=O) groups excluding carboxylic acids is 3. The minimum absolute atomic E-state index is 0.0908. The molecule has 0 heterocycles. The molecule has 1 amide bonds. The van der Waals surface area contributed by atoms with Crippen molar-refractivity contribution in [2.45, 2.75) is 13.3 Å². The lowest BCUT2D eigenvalue weighted by Crippen LogP contribution is -2.23. The van der Waals surface area contributed by atoms with Crippen molar-refractivity contribution in [2.24, 2.45) is 0 Å². The van der Waals surface area contributed by atoms with Gasteiger partial charge in [0.25, 0.3) is 5.91 Å². The Morgan fingerprint density at radius 1 is 0.920 bits per heavy atom. The first-order valence-electron chi connectivity index (χ1n) is 7.85. The molecule has 6 heteroatoms. The Morgan fingerprint density at radius 3 is 2.32 bits per heavy atom. The van der Waals surface area contributed by atoms with E-state index in [-0.39, 0.29) is 18.6 Å². The summed E-state index contributed by atoms with van der Waals surface area (Å²) in [7, 11) is 0. The van der Waals surface area contributed by atoms with Gasteiger partial charge < -0.3 is 14.8 Å². The van der Waals surface area contributed by atoms with Crippen LogP contribution in [0.25, 0.3) is 0 Å². The highest BCUT2D eigenvalue weighted by atomic mass is 16.5. The van der Waals surface area contributed by atoms with E-state index in [1.165, 1.54) is 0 Å². The molecule has 0 aliphatic rings. The molecule has 0 atom stereocenters. The van der Waals surface area contributed by atoms with Crippen LogP contribution >= 0.6 is 0 Å². The first-order valence-corrected chi connectivity index (χ1v) is 7.85. The van der Waals surface area contributed by atoms with Gasteiger partial charge in [-0.15, -0.1) is 0 Å². The number of carbonyl (C=O) groups is 3. The third-order valence-electron chi connectivity index (χ3n) is 3.25. The maximum atomic E-state index is 12.0. The summed E-state index contributed by atoms with van der Waals surface area (Å²) in [4.78, 5) is 35.6. The number of nitrogens with one attached hydrogen (secondary N) is 1. The van der Waals surface area contributed by atoms with Crippen LogP contribution in [0, 0.1) is 0 Å². The van der Waals surface area contributed by atoms with Crippen LogP contribution in [0.5, 0.6) is 0 Å². The van der Waals surface area contributed by atoms with Gasteiger partial charge in [-0.05, 0) is 24.6 Å². The second-order valence-electron chi connectivity index (χ2n) is 5.14. The van der Waals surface area contributed by atoms with Gasteiger partial charge in [-0.2, -0.15) is 0 Å². The molecule has 0 spiro atoms. The van der Waals surface area contributed by atoms with Crippen molar-refractivity contribution < 1.29 is 23.9 Å². The van der Waals surface area contributed by atoms with Crippen molar-refractivity contribution in [3.8, 4) is 0 Å². The Labute approximate surface area is 145 Å². The van der Waals surface area contributed by atoms with Crippen molar-refractivity contribution in [3.05, 3.63) is 65.7 Å². The number of para-hydroxylation sites is 1. The van der Waals surface area contributed by atoms with Crippen molar-refractivity contribution in [3.63, 3.8) is 0 Å². The average molecular weight is 341 g/mol. The number of esters is 2. The smallest absolute Gasteiger partial charge is 0.340 e. The summed E-state index contributed by atoms with van der Waals surface area (Å²) < 4.78 is 9.90. The number of hydrogen-bond acceptors (Lipinski definition) is 5. The molecule has 0 aromatic heterocycles. The monoisotopic (exact) mass is 341 g/mol. The van der Waals surface area contributed by atoms with Crippen LogP contribution in [-0.2, 0) is 25.5 Å². The molecular formula is C19H19NO5. The average Bonchev–Trinajstić information content (AvgIpc) is 2.61. The van der Waals surface area contributed by atoms with Gasteiger partial charge in [0.15, 0.2) is 6.61 Å². The normalized spacial score (nSPS) is 9.96. The van der Waals surface area contributed by atoms with Gasteiger partial charge in [0.2, 0.25) is 0 Å². The van der Waals surface area contributed by atoms with Gasteiger partial charge in [-0.1, -0.05) is 42.5 Å². The van der Waals surface area contributed by atoms with Gasteiger partial charge >= 0.3 is 11.9 Å². The van der Waals surface area contributed by atoms with E-state index in [1.807, 2.05) is 18.2 Å². The number of anilines is 1. The summed E-state index contributed by atoms with van der Waals surface area (Å²) in [5.74, 6) is -1.56. The number of benzene rings is 2. The molecule has 0 saturated carbocycles. The molecule has 2 aromatic rings. The Bertz CT molecular complexity index is 742. The molecule has 6 nitrogen and oxygen atoms in total. The summed E-state index contributed by atoms with van der Waals surface area (Å²) in [5, 5.41) is 2.55. The van der Waals surface area contributed by atoms with E-state index in [4.69, 9.17) is 9.47 Å². The fraction of sp³-hybridized carbons (Fsp3) is 0.211. The molecule has 0 aliphatic carbocycles. The maximum Gasteiger partial charge on any atom is 0.340 e. The second-order valence-corrected chi connectivity index (χ2v) is 5.14. The minimum atomic E-state index is -0.529. The third-order valence-corrected chi connectivity index (χ3v) is 3.25. The SMILES string of the molecule is CCOC(=O)c1ccccc1NC(=O)COC(=O)Cc1ccccc1. The standard InChI is InChI=1S/C19H19NO5/c1-2-24-19(23)15-10-6-7-11-16(15)20-17(21)13-25-18(22)12-14-8-4-3-5-9-14/h3-11H,2,12-13H2,1H3,(H,20,21). The number of rotatable bonds is 7.